The highest BCUT2D eigenvalue weighted by atomic mass is 16.6. The van der Waals surface area contributed by atoms with Crippen LogP contribution in [0.1, 0.15) is 27.6 Å². The molecule has 5 aromatic rings. The number of para-hydroxylation sites is 1. The predicted molar refractivity (Wildman–Crippen MR) is 127 cm³/mol. The Labute approximate surface area is 202 Å². The van der Waals surface area contributed by atoms with E-state index in [0.717, 1.165) is 0 Å². The van der Waals surface area contributed by atoms with E-state index < -0.39 is 10.9 Å². The number of fused-ring (bicyclic) bond motifs is 1. The molecule has 0 aliphatic heterocycles. The van der Waals surface area contributed by atoms with Crippen LogP contribution in [0.4, 0.5) is 5.69 Å². The number of nitro benzene ring substituents is 1. The van der Waals surface area contributed by atoms with Gasteiger partial charge in [-0.3, -0.25) is 14.9 Å². The van der Waals surface area contributed by atoms with E-state index in [2.05, 4.69) is 20.1 Å². The topological polar surface area (TPSA) is 154 Å². The first kappa shape index (κ1) is 22.6. The summed E-state index contributed by atoms with van der Waals surface area (Å²) >= 11 is 0. The number of hydrogen-bond acceptors (Lipinski definition) is 9. The molecule has 0 unspecified atom stereocenters. The minimum atomic E-state index is -0.608. The van der Waals surface area contributed by atoms with E-state index in [4.69, 9.17) is 9.26 Å². The monoisotopic (exact) mass is 483 g/mol. The quantitative estimate of drug-likeness (QED) is 0.207. The average molecular weight is 483 g/mol. The normalized spacial score (nSPS) is 10.9. The van der Waals surface area contributed by atoms with Gasteiger partial charge in [0, 0.05) is 24.1 Å². The van der Waals surface area contributed by atoms with Crippen molar-refractivity contribution >= 4 is 22.6 Å². The molecule has 11 heteroatoms. The lowest BCUT2D eigenvalue weighted by molar-refractivity contribution is -0.384. The lowest BCUT2D eigenvalue weighted by Crippen LogP contribution is -2.14. The number of nitrogens with zero attached hydrogens (tertiary/aromatic N) is 4. The second-order valence-electron chi connectivity index (χ2n) is 7.76. The predicted octanol–water partition coefficient (Wildman–Crippen LogP) is 3.83. The number of rotatable bonds is 7. The van der Waals surface area contributed by atoms with E-state index in [-0.39, 0.29) is 36.0 Å². The Kier molecular flexibility index (Phi) is 6.02. The van der Waals surface area contributed by atoms with E-state index in [9.17, 15) is 19.7 Å². The van der Waals surface area contributed by atoms with Gasteiger partial charge >= 0.3 is 5.97 Å². The molecule has 0 fully saturated rings. The number of ether oxygens (including phenoxy) is 1. The molecule has 0 saturated carbocycles. The van der Waals surface area contributed by atoms with Gasteiger partial charge in [-0.05, 0) is 35.9 Å². The van der Waals surface area contributed by atoms with Crippen LogP contribution in [0.5, 0.6) is 0 Å². The van der Waals surface area contributed by atoms with Gasteiger partial charge in [-0.25, -0.2) is 9.78 Å². The number of non-ortho nitro benzene ring substituents is 1. The van der Waals surface area contributed by atoms with Gasteiger partial charge in [0.05, 0.1) is 21.4 Å². The zero-order valence-electron chi connectivity index (χ0n) is 18.6. The van der Waals surface area contributed by atoms with Gasteiger partial charge in [0.15, 0.2) is 6.61 Å². The summed E-state index contributed by atoms with van der Waals surface area (Å²) in [4.78, 5) is 46.9. The van der Waals surface area contributed by atoms with E-state index in [1.165, 1.54) is 24.3 Å². The number of carbonyl (C=O) groups excluding carboxylic acids is 1. The molecule has 0 saturated heterocycles. The van der Waals surface area contributed by atoms with Crippen LogP contribution in [-0.2, 0) is 17.8 Å². The lowest BCUT2D eigenvalue weighted by atomic mass is 10.0. The minimum absolute atomic E-state index is 0.0574. The van der Waals surface area contributed by atoms with Crippen LogP contribution >= 0.6 is 0 Å². The van der Waals surface area contributed by atoms with Crippen molar-refractivity contribution in [2.75, 3.05) is 0 Å². The van der Waals surface area contributed by atoms with E-state index >= 15 is 0 Å². The minimum Gasteiger partial charge on any atom is -0.452 e. The molecule has 0 amide bonds. The molecule has 2 aromatic heterocycles. The fourth-order valence-corrected chi connectivity index (χ4v) is 3.64. The highest BCUT2D eigenvalue weighted by Crippen LogP contribution is 2.21. The Morgan fingerprint density at radius 1 is 1.00 bits per heavy atom. The summed E-state index contributed by atoms with van der Waals surface area (Å²) in [7, 11) is 0. The summed E-state index contributed by atoms with van der Waals surface area (Å²) in [6.45, 7) is -0.266. The Morgan fingerprint density at radius 3 is 2.56 bits per heavy atom. The summed E-state index contributed by atoms with van der Waals surface area (Å²) in [5, 5.41) is 15.1. The zero-order chi connectivity index (χ0) is 25.1. The number of nitro groups is 1. The first-order valence-electron chi connectivity index (χ1n) is 10.8. The van der Waals surface area contributed by atoms with Crippen LogP contribution in [0.3, 0.4) is 0 Å². The number of benzene rings is 3. The highest BCUT2D eigenvalue weighted by Gasteiger charge is 2.17. The standard InChI is InChI=1S/C25H17N5O6/c31-24-19-7-3-4-8-20(19)26-21(27-24)13-16-5-1-2-6-18(16)25(32)35-14-22-28-23(29-36-22)15-9-11-17(12-10-15)30(33)34/h1-12H,13-14H2,(H,26,27,31). The molecular formula is C25H17N5O6. The average Bonchev–Trinajstić information content (AvgIpc) is 3.37. The Balaban J connectivity index is 1.29. The van der Waals surface area contributed by atoms with Crippen molar-refractivity contribution in [1.29, 1.82) is 0 Å². The third-order valence-corrected chi connectivity index (χ3v) is 5.39. The molecule has 0 radical (unpaired) electrons. The number of H-pyrrole nitrogens is 1. The van der Waals surface area contributed by atoms with Crippen molar-refractivity contribution in [3.63, 3.8) is 0 Å². The Hall–Kier alpha value is -5.19. The van der Waals surface area contributed by atoms with Crippen LogP contribution < -0.4 is 5.56 Å². The van der Waals surface area contributed by atoms with E-state index in [1.807, 2.05) is 0 Å². The molecule has 1 N–H and O–H groups in total. The molecule has 178 valence electrons. The number of nitrogens with one attached hydrogen (secondary N) is 1. The number of carbonyl (C=O) groups is 1. The SMILES string of the molecule is O=C(OCc1nc(-c2ccc([N+](=O)[O-])cc2)no1)c1ccccc1Cc1nc2ccccc2c(=O)[nH]1. The third-order valence-electron chi connectivity index (χ3n) is 5.39. The second-order valence-corrected chi connectivity index (χ2v) is 7.76. The largest absolute Gasteiger partial charge is 0.452 e. The van der Waals surface area contributed by atoms with Crippen LogP contribution in [-0.4, -0.2) is 31.0 Å². The van der Waals surface area contributed by atoms with E-state index in [1.54, 1.807) is 48.5 Å². The fourth-order valence-electron chi connectivity index (χ4n) is 3.64. The molecule has 0 aliphatic carbocycles. The molecule has 11 nitrogen and oxygen atoms in total. The van der Waals surface area contributed by atoms with Crippen molar-refractivity contribution in [3.8, 4) is 11.4 Å². The fraction of sp³-hybridized carbons (Fsp3) is 0.0800. The molecular weight excluding hydrogens is 466 g/mol. The summed E-state index contributed by atoms with van der Waals surface area (Å²) in [6, 6.07) is 19.5. The maximum atomic E-state index is 12.8. The third kappa shape index (κ3) is 4.71. The van der Waals surface area contributed by atoms with Crippen LogP contribution in [0.15, 0.2) is 82.1 Å². The molecule has 5 rings (SSSR count). The van der Waals surface area contributed by atoms with Crippen molar-refractivity contribution < 1.29 is 19.0 Å². The molecule has 0 bridgehead atoms. The molecule has 0 atom stereocenters. The zero-order valence-corrected chi connectivity index (χ0v) is 18.6. The van der Waals surface area contributed by atoms with Gasteiger partial charge in [0.1, 0.15) is 5.82 Å². The molecule has 3 aromatic carbocycles. The van der Waals surface area contributed by atoms with Crippen LogP contribution in [0, 0.1) is 10.1 Å². The summed E-state index contributed by atoms with van der Waals surface area (Å²) in [5.41, 5.74) is 1.70. The van der Waals surface area contributed by atoms with E-state index in [0.29, 0.717) is 33.4 Å². The van der Waals surface area contributed by atoms with Crippen LogP contribution in [0.2, 0.25) is 0 Å². The first-order valence-corrected chi connectivity index (χ1v) is 10.8. The number of aromatic nitrogens is 4. The summed E-state index contributed by atoms with van der Waals surface area (Å²) in [5.74, 6) is 0.0878. The van der Waals surface area contributed by atoms with Gasteiger partial charge < -0.3 is 14.2 Å². The van der Waals surface area contributed by atoms with Crippen molar-refractivity contribution in [2.45, 2.75) is 13.0 Å². The molecule has 0 spiro atoms. The summed E-state index contributed by atoms with van der Waals surface area (Å²) < 4.78 is 10.5. The van der Waals surface area contributed by atoms with Crippen molar-refractivity contribution in [2.24, 2.45) is 0 Å². The van der Waals surface area contributed by atoms with Gasteiger partial charge in [-0.1, -0.05) is 35.5 Å². The smallest absolute Gasteiger partial charge is 0.338 e. The molecule has 0 aliphatic rings. The maximum Gasteiger partial charge on any atom is 0.338 e. The Bertz CT molecular complexity index is 1640. The number of aromatic amines is 1. The van der Waals surface area contributed by atoms with Gasteiger partial charge in [-0.2, -0.15) is 4.98 Å². The van der Waals surface area contributed by atoms with Gasteiger partial charge in [0.2, 0.25) is 5.82 Å². The van der Waals surface area contributed by atoms with Crippen molar-refractivity contribution in [1.82, 2.24) is 20.1 Å². The van der Waals surface area contributed by atoms with Crippen molar-refractivity contribution in [3.05, 3.63) is 116 Å². The first-order chi connectivity index (χ1) is 17.5. The van der Waals surface area contributed by atoms with Crippen LogP contribution in [0.25, 0.3) is 22.3 Å². The molecule has 2 heterocycles. The lowest BCUT2D eigenvalue weighted by Gasteiger charge is -2.09. The number of hydrogen-bond donors (Lipinski definition) is 1. The van der Waals surface area contributed by atoms with Gasteiger partial charge in [0.25, 0.3) is 17.1 Å². The summed E-state index contributed by atoms with van der Waals surface area (Å²) in [6.07, 6.45) is 0.218. The Morgan fingerprint density at radius 2 is 1.75 bits per heavy atom. The highest BCUT2D eigenvalue weighted by molar-refractivity contribution is 5.91. The van der Waals surface area contributed by atoms with Gasteiger partial charge in [-0.15, -0.1) is 0 Å². The maximum absolute atomic E-state index is 12.8. The molecule has 36 heavy (non-hydrogen) atoms. The number of esters is 1. The second kappa shape index (κ2) is 9.58.